The molecule has 2 heterocycles. The summed E-state index contributed by atoms with van der Waals surface area (Å²) in [5.74, 6) is -0.577. The fourth-order valence-corrected chi connectivity index (χ4v) is 2.87. The number of nitrogens with zero attached hydrogens (tertiary/aromatic N) is 3. The van der Waals surface area contributed by atoms with Crippen LogP contribution in [0.15, 0.2) is 30.5 Å². The molecule has 0 unspecified atom stereocenters. The SMILES string of the molecule is COCn1ccc(C(=O)N2CC(C)(C)c3ccc(F)cc32)n1. The van der Waals surface area contributed by atoms with E-state index in [0.29, 0.717) is 17.9 Å². The van der Waals surface area contributed by atoms with Gasteiger partial charge in [0.2, 0.25) is 0 Å². The first-order valence-corrected chi connectivity index (χ1v) is 7.07. The van der Waals surface area contributed by atoms with E-state index in [1.54, 1.807) is 35.0 Å². The monoisotopic (exact) mass is 303 g/mol. The van der Waals surface area contributed by atoms with Gasteiger partial charge in [0.15, 0.2) is 5.69 Å². The van der Waals surface area contributed by atoms with E-state index in [1.165, 1.54) is 12.1 Å². The molecule has 1 aliphatic rings. The molecule has 0 radical (unpaired) electrons. The molecule has 22 heavy (non-hydrogen) atoms. The summed E-state index contributed by atoms with van der Waals surface area (Å²) >= 11 is 0. The number of ether oxygens (including phenoxy) is 1. The molecule has 0 atom stereocenters. The molecule has 1 aliphatic heterocycles. The lowest BCUT2D eigenvalue weighted by Gasteiger charge is -2.20. The Morgan fingerprint density at radius 3 is 2.91 bits per heavy atom. The Labute approximate surface area is 128 Å². The van der Waals surface area contributed by atoms with Crippen molar-refractivity contribution >= 4 is 11.6 Å². The highest BCUT2D eigenvalue weighted by atomic mass is 19.1. The third kappa shape index (κ3) is 2.39. The highest BCUT2D eigenvalue weighted by Gasteiger charge is 2.39. The average molecular weight is 303 g/mol. The molecule has 2 aromatic rings. The molecule has 5 nitrogen and oxygen atoms in total. The topological polar surface area (TPSA) is 47.4 Å². The number of carbonyl (C=O) groups is 1. The lowest BCUT2D eigenvalue weighted by Crippen LogP contribution is -2.34. The van der Waals surface area contributed by atoms with E-state index in [-0.39, 0.29) is 23.9 Å². The van der Waals surface area contributed by atoms with Crippen molar-refractivity contribution in [1.82, 2.24) is 9.78 Å². The normalized spacial score (nSPS) is 15.9. The van der Waals surface area contributed by atoms with Crippen molar-refractivity contribution in [3.8, 4) is 0 Å². The quantitative estimate of drug-likeness (QED) is 0.875. The number of hydrogen-bond acceptors (Lipinski definition) is 3. The number of anilines is 1. The van der Waals surface area contributed by atoms with Crippen LogP contribution in [0.5, 0.6) is 0 Å². The first-order valence-electron chi connectivity index (χ1n) is 7.07. The van der Waals surface area contributed by atoms with E-state index in [4.69, 9.17) is 4.74 Å². The van der Waals surface area contributed by atoms with Gasteiger partial charge in [-0.05, 0) is 23.8 Å². The number of halogens is 1. The molecular weight excluding hydrogens is 285 g/mol. The van der Waals surface area contributed by atoms with Gasteiger partial charge in [0.1, 0.15) is 12.5 Å². The zero-order valence-corrected chi connectivity index (χ0v) is 12.8. The second-order valence-corrected chi connectivity index (χ2v) is 6.09. The van der Waals surface area contributed by atoms with Crippen LogP contribution in [0.25, 0.3) is 0 Å². The van der Waals surface area contributed by atoms with E-state index >= 15 is 0 Å². The second-order valence-electron chi connectivity index (χ2n) is 6.09. The van der Waals surface area contributed by atoms with E-state index < -0.39 is 0 Å². The first-order chi connectivity index (χ1) is 10.4. The summed E-state index contributed by atoms with van der Waals surface area (Å²) in [5, 5.41) is 4.19. The molecule has 0 spiro atoms. The standard InChI is InChI=1S/C16H18FN3O2/c1-16(2)9-20(14-8-11(17)4-5-12(14)16)15(21)13-6-7-19(18-13)10-22-3/h4-8H,9-10H2,1-3H3. The summed E-state index contributed by atoms with van der Waals surface area (Å²) in [6, 6.07) is 6.24. The first kappa shape index (κ1) is 14.7. The van der Waals surface area contributed by atoms with Crippen molar-refractivity contribution in [2.24, 2.45) is 0 Å². The molecule has 0 aliphatic carbocycles. The van der Waals surface area contributed by atoms with Gasteiger partial charge in [0.05, 0.1) is 5.69 Å². The summed E-state index contributed by atoms with van der Waals surface area (Å²) in [5.41, 5.74) is 1.70. The Kier molecular flexibility index (Phi) is 3.48. The number of benzene rings is 1. The highest BCUT2D eigenvalue weighted by molar-refractivity contribution is 6.06. The third-order valence-corrected chi connectivity index (χ3v) is 3.90. The van der Waals surface area contributed by atoms with Gasteiger partial charge in [-0.25, -0.2) is 9.07 Å². The summed E-state index contributed by atoms with van der Waals surface area (Å²) in [7, 11) is 1.56. The lowest BCUT2D eigenvalue weighted by atomic mass is 9.87. The molecule has 1 aromatic carbocycles. The van der Waals surface area contributed by atoms with Crippen LogP contribution in [0.2, 0.25) is 0 Å². The van der Waals surface area contributed by atoms with E-state index in [1.807, 2.05) is 13.8 Å². The third-order valence-electron chi connectivity index (χ3n) is 3.90. The number of carbonyl (C=O) groups excluding carboxylic acids is 1. The lowest BCUT2D eigenvalue weighted by molar-refractivity contribution is 0.0972. The fraction of sp³-hybridized carbons (Fsp3) is 0.375. The summed E-state index contributed by atoms with van der Waals surface area (Å²) in [6.07, 6.45) is 1.68. The van der Waals surface area contributed by atoms with Crippen LogP contribution in [0.4, 0.5) is 10.1 Å². The van der Waals surface area contributed by atoms with Gasteiger partial charge in [0.25, 0.3) is 5.91 Å². The summed E-state index contributed by atoms with van der Waals surface area (Å²) in [4.78, 5) is 14.3. The maximum Gasteiger partial charge on any atom is 0.278 e. The zero-order chi connectivity index (χ0) is 15.9. The Balaban J connectivity index is 1.95. The molecule has 1 amide bonds. The van der Waals surface area contributed by atoms with Gasteiger partial charge in [-0.15, -0.1) is 0 Å². The summed E-state index contributed by atoms with van der Waals surface area (Å²) < 4.78 is 20.1. The van der Waals surface area contributed by atoms with Crippen LogP contribution in [-0.4, -0.2) is 29.3 Å². The van der Waals surface area contributed by atoms with Crippen LogP contribution in [0.1, 0.15) is 29.9 Å². The largest absolute Gasteiger partial charge is 0.362 e. The number of amides is 1. The van der Waals surface area contributed by atoms with Crippen molar-refractivity contribution in [1.29, 1.82) is 0 Å². The molecule has 1 aromatic heterocycles. The van der Waals surface area contributed by atoms with Crippen LogP contribution in [0.3, 0.4) is 0 Å². The van der Waals surface area contributed by atoms with Gasteiger partial charge in [-0.3, -0.25) is 4.79 Å². The Hall–Kier alpha value is -2.21. The number of hydrogen-bond donors (Lipinski definition) is 0. The van der Waals surface area contributed by atoms with Gasteiger partial charge in [-0.2, -0.15) is 5.10 Å². The van der Waals surface area contributed by atoms with Gasteiger partial charge < -0.3 is 9.64 Å². The molecule has 3 rings (SSSR count). The Morgan fingerprint density at radius 1 is 1.41 bits per heavy atom. The maximum absolute atomic E-state index is 13.6. The predicted octanol–water partition coefficient (Wildman–Crippen LogP) is 2.56. The smallest absolute Gasteiger partial charge is 0.278 e. The van der Waals surface area contributed by atoms with Crippen molar-refractivity contribution in [3.63, 3.8) is 0 Å². The Morgan fingerprint density at radius 2 is 2.18 bits per heavy atom. The Bertz CT molecular complexity index is 724. The highest BCUT2D eigenvalue weighted by Crippen LogP contribution is 2.41. The van der Waals surface area contributed by atoms with Gasteiger partial charge in [-0.1, -0.05) is 19.9 Å². The maximum atomic E-state index is 13.6. The molecule has 0 fully saturated rings. The van der Waals surface area contributed by atoms with Crippen LogP contribution in [-0.2, 0) is 16.9 Å². The van der Waals surface area contributed by atoms with Crippen molar-refractivity contribution < 1.29 is 13.9 Å². The zero-order valence-electron chi connectivity index (χ0n) is 12.8. The van der Waals surface area contributed by atoms with Crippen molar-refractivity contribution in [3.05, 3.63) is 47.5 Å². The van der Waals surface area contributed by atoms with Crippen LogP contribution < -0.4 is 4.90 Å². The molecule has 0 saturated heterocycles. The minimum absolute atomic E-state index is 0.214. The van der Waals surface area contributed by atoms with Crippen LogP contribution >= 0.6 is 0 Å². The molecule has 0 N–H and O–H groups in total. The van der Waals surface area contributed by atoms with Crippen molar-refractivity contribution in [2.45, 2.75) is 26.0 Å². The number of methoxy groups -OCH3 is 1. The van der Waals surface area contributed by atoms with E-state index in [9.17, 15) is 9.18 Å². The minimum atomic E-state index is -0.348. The number of aromatic nitrogens is 2. The summed E-state index contributed by atoms with van der Waals surface area (Å²) in [6.45, 7) is 4.87. The predicted molar refractivity (Wildman–Crippen MR) is 80.3 cm³/mol. The molecular formula is C16H18FN3O2. The molecule has 6 heteroatoms. The second kappa shape index (κ2) is 5.21. The average Bonchev–Trinajstić information content (AvgIpc) is 3.02. The van der Waals surface area contributed by atoms with Gasteiger partial charge >= 0.3 is 0 Å². The van der Waals surface area contributed by atoms with Crippen molar-refractivity contribution in [2.75, 3.05) is 18.6 Å². The number of rotatable bonds is 3. The minimum Gasteiger partial charge on any atom is -0.362 e. The fourth-order valence-electron chi connectivity index (χ4n) is 2.87. The number of fused-ring (bicyclic) bond motifs is 1. The van der Waals surface area contributed by atoms with Crippen LogP contribution in [0, 0.1) is 5.82 Å². The van der Waals surface area contributed by atoms with Gasteiger partial charge in [0, 0.05) is 25.3 Å². The van der Waals surface area contributed by atoms with E-state index in [0.717, 1.165) is 5.56 Å². The molecule has 116 valence electrons. The molecule has 0 saturated carbocycles. The van der Waals surface area contributed by atoms with E-state index in [2.05, 4.69) is 5.10 Å². The molecule has 0 bridgehead atoms.